The number of hydrogen-bond donors (Lipinski definition) is 1. The van der Waals surface area contributed by atoms with Gasteiger partial charge in [0.25, 0.3) is 0 Å². The third-order valence-corrected chi connectivity index (χ3v) is 1.99. The first-order chi connectivity index (χ1) is 4.68. The largest absolute Gasteiger partial charge is 0.487 e. The minimum atomic E-state index is 0.0695. The van der Waals surface area contributed by atoms with Crippen LogP contribution < -0.4 is 0 Å². The van der Waals surface area contributed by atoms with Crippen LogP contribution in [0.1, 0.15) is 19.8 Å². The number of hydrogen-bond acceptors (Lipinski definition) is 3. The smallest absolute Gasteiger partial charge is 0.156 e. The Balaban J connectivity index is 2.19. The highest BCUT2D eigenvalue weighted by molar-refractivity contribution is 7.80. The van der Waals surface area contributed by atoms with Crippen LogP contribution in [0.15, 0.2) is 0 Å². The zero-order valence-electron chi connectivity index (χ0n) is 6.09. The fraction of sp³-hybridized carbons (Fsp3) is 0.857. The van der Waals surface area contributed by atoms with Crippen LogP contribution in [0.5, 0.6) is 0 Å². The predicted octanol–water partition coefficient (Wildman–Crippen LogP) is 1.12. The molecule has 0 heterocycles. The van der Waals surface area contributed by atoms with Crippen molar-refractivity contribution in [2.24, 2.45) is 5.41 Å². The SMILES string of the molecule is CC(=S)OCC1(CO)CC1. The van der Waals surface area contributed by atoms with Gasteiger partial charge in [0.15, 0.2) is 5.05 Å². The van der Waals surface area contributed by atoms with Gasteiger partial charge < -0.3 is 9.84 Å². The molecular weight excluding hydrogens is 148 g/mol. The number of rotatable bonds is 3. The van der Waals surface area contributed by atoms with Gasteiger partial charge in [-0.25, -0.2) is 0 Å². The highest BCUT2D eigenvalue weighted by Crippen LogP contribution is 2.45. The molecule has 0 bridgehead atoms. The van der Waals surface area contributed by atoms with Crippen molar-refractivity contribution in [2.45, 2.75) is 19.8 Å². The molecule has 2 nitrogen and oxygen atoms in total. The molecule has 0 aromatic heterocycles. The van der Waals surface area contributed by atoms with Gasteiger partial charge in [0.05, 0.1) is 13.2 Å². The Morgan fingerprint density at radius 3 is 2.60 bits per heavy atom. The van der Waals surface area contributed by atoms with Crippen LogP contribution >= 0.6 is 12.2 Å². The predicted molar refractivity (Wildman–Crippen MR) is 43.0 cm³/mol. The lowest BCUT2D eigenvalue weighted by molar-refractivity contribution is 0.142. The summed E-state index contributed by atoms with van der Waals surface area (Å²) in [5, 5.41) is 9.42. The maximum absolute atomic E-state index is 8.85. The van der Waals surface area contributed by atoms with Gasteiger partial charge in [-0.05, 0) is 25.1 Å². The molecule has 1 fully saturated rings. The Hall–Kier alpha value is -0.150. The summed E-state index contributed by atoms with van der Waals surface area (Å²) in [5.41, 5.74) is 0.0695. The molecule has 0 unspecified atom stereocenters. The molecule has 0 aliphatic heterocycles. The van der Waals surface area contributed by atoms with Crippen LogP contribution in [0.3, 0.4) is 0 Å². The third-order valence-electron chi connectivity index (χ3n) is 1.87. The standard InChI is InChI=1S/C7H12O2S/c1-6(10)9-5-7(4-8)2-3-7/h8H,2-5H2,1H3. The maximum Gasteiger partial charge on any atom is 0.156 e. The molecule has 0 amide bonds. The van der Waals surface area contributed by atoms with E-state index in [1.54, 1.807) is 6.92 Å². The lowest BCUT2D eigenvalue weighted by Gasteiger charge is -2.11. The van der Waals surface area contributed by atoms with E-state index >= 15 is 0 Å². The Morgan fingerprint density at radius 2 is 2.30 bits per heavy atom. The molecule has 1 aliphatic carbocycles. The van der Waals surface area contributed by atoms with Crippen molar-refractivity contribution in [3.63, 3.8) is 0 Å². The summed E-state index contributed by atoms with van der Waals surface area (Å²) in [7, 11) is 0. The average Bonchev–Trinajstić information content (AvgIpc) is 2.64. The Labute approximate surface area is 66.2 Å². The molecule has 0 aromatic carbocycles. The van der Waals surface area contributed by atoms with Gasteiger partial charge in [-0.15, -0.1) is 0 Å². The molecule has 1 saturated carbocycles. The van der Waals surface area contributed by atoms with Gasteiger partial charge in [0.1, 0.15) is 0 Å². The normalized spacial score (nSPS) is 20.2. The first-order valence-electron chi connectivity index (χ1n) is 3.43. The fourth-order valence-corrected chi connectivity index (χ4v) is 0.839. The average molecular weight is 160 g/mol. The van der Waals surface area contributed by atoms with E-state index in [1.807, 2.05) is 0 Å². The Bertz CT molecular complexity index is 141. The van der Waals surface area contributed by atoms with Crippen molar-refractivity contribution in [2.75, 3.05) is 13.2 Å². The van der Waals surface area contributed by atoms with Crippen molar-refractivity contribution in [3.8, 4) is 0 Å². The first-order valence-corrected chi connectivity index (χ1v) is 3.84. The van der Waals surface area contributed by atoms with E-state index in [2.05, 4.69) is 0 Å². The van der Waals surface area contributed by atoms with Gasteiger partial charge in [-0.1, -0.05) is 0 Å². The second-order valence-electron chi connectivity index (χ2n) is 2.94. The second-order valence-corrected chi connectivity index (χ2v) is 3.51. The van der Waals surface area contributed by atoms with Crippen molar-refractivity contribution in [1.82, 2.24) is 0 Å². The lowest BCUT2D eigenvalue weighted by atomic mass is 10.1. The van der Waals surface area contributed by atoms with E-state index in [9.17, 15) is 0 Å². The lowest BCUT2D eigenvalue weighted by Crippen LogP contribution is -2.16. The van der Waals surface area contributed by atoms with Gasteiger partial charge in [0, 0.05) is 12.3 Å². The van der Waals surface area contributed by atoms with Crippen LogP contribution in [0.25, 0.3) is 0 Å². The van der Waals surface area contributed by atoms with Crippen LogP contribution in [0.4, 0.5) is 0 Å². The van der Waals surface area contributed by atoms with Gasteiger partial charge in [-0.2, -0.15) is 0 Å². The number of aliphatic hydroxyl groups excluding tert-OH is 1. The number of ether oxygens (including phenoxy) is 1. The highest BCUT2D eigenvalue weighted by Gasteiger charge is 2.42. The summed E-state index contributed by atoms with van der Waals surface area (Å²) in [5.74, 6) is 0. The van der Waals surface area contributed by atoms with E-state index in [0.717, 1.165) is 12.8 Å². The topological polar surface area (TPSA) is 29.5 Å². The van der Waals surface area contributed by atoms with Crippen molar-refractivity contribution in [1.29, 1.82) is 0 Å². The Morgan fingerprint density at radius 1 is 1.70 bits per heavy atom. The molecule has 0 radical (unpaired) electrons. The van der Waals surface area contributed by atoms with E-state index in [0.29, 0.717) is 11.7 Å². The first kappa shape index (κ1) is 7.95. The molecule has 0 saturated heterocycles. The summed E-state index contributed by atoms with van der Waals surface area (Å²) in [4.78, 5) is 0. The van der Waals surface area contributed by atoms with E-state index in [1.165, 1.54) is 0 Å². The van der Waals surface area contributed by atoms with Crippen LogP contribution in [0, 0.1) is 5.41 Å². The van der Waals surface area contributed by atoms with Crippen molar-refractivity contribution in [3.05, 3.63) is 0 Å². The van der Waals surface area contributed by atoms with E-state index in [-0.39, 0.29) is 12.0 Å². The number of aliphatic hydroxyl groups is 1. The summed E-state index contributed by atoms with van der Waals surface area (Å²) in [6, 6.07) is 0. The molecule has 0 atom stereocenters. The molecule has 1 rings (SSSR count). The third kappa shape index (κ3) is 1.92. The quantitative estimate of drug-likeness (QED) is 0.627. The van der Waals surface area contributed by atoms with Gasteiger partial charge >= 0.3 is 0 Å². The molecule has 10 heavy (non-hydrogen) atoms. The summed E-state index contributed by atoms with van der Waals surface area (Å²) < 4.78 is 5.13. The number of thiocarbonyl (C=S) groups is 1. The summed E-state index contributed by atoms with van der Waals surface area (Å²) in [6.45, 7) is 2.58. The zero-order chi connectivity index (χ0) is 7.61. The van der Waals surface area contributed by atoms with Crippen molar-refractivity contribution >= 4 is 17.3 Å². The zero-order valence-corrected chi connectivity index (χ0v) is 6.91. The molecular formula is C7H12O2S. The van der Waals surface area contributed by atoms with Crippen LogP contribution in [-0.2, 0) is 4.74 Å². The summed E-state index contributed by atoms with van der Waals surface area (Å²) in [6.07, 6.45) is 2.15. The Kier molecular flexibility index (Phi) is 2.26. The highest BCUT2D eigenvalue weighted by atomic mass is 32.1. The molecule has 3 heteroatoms. The van der Waals surface area contributed by atoms with Crippen LogP contribution in [-0.4, -0.2) is 23.4 Å². The maximum atomic E-state index is 8.85. The van der Waals surface area contributed by atoms with Gasteiger partial charge in [-0.3, -0.25) is 0 Å². The molecule has 0 spiro atoms. The molecule has 1 aliphatic rings. The molecule has 1 N–H and O–H groups in total. The monoisotopic (exact) mass is 160 g/mol. The minimum absolute atomic E-state index is 0.0695. The fourth-order valence-electron chi connectivity index (χ4n) is 0.780. The van der Waals surface area contributed by atoms with Crippen LogP contribution in [0.2, 0.25) is 0 Å². The van der Waals surface area contributed by atoms with E-state index < -0.39 is 0 Å². The summed E-state index contributed by atoms with van der Waals surface area (Å²) >= 11 is 4.74. The molecule has 0 aromatic rings. The van der Waals surface area contributed by atoms with Crippen molar-refractivity contribution < 1.29 is 9.84 Å². The molecule has 58 valence electrons. The van der Waals surface area contributed by atoms with E-state index in [4.69, 9.17) is 22.1 Å². The van der Waals surface area contributed by atoms with Gasteiger partial charge in [0.2, 0.25) is 0 Å². The second kappa shape index (κ2) is 2.84. The minimum Gasteiger partial charge on any atom is -0.487 e.